The molecule has 12 heteroatoms. The third-order valence-corrected chi connectivity index (χ3v) is 6.85. The van der Waals surface area contributed by atoms with Crippen molar-refractivity contribution < 1.29 is 40.7 Å². The number of benzene rings is 3. The third-order valence-electron chi connectivity index (χ3n) is 5.72. The van der Waals surface area contributed by atoms with E-state index in [0.29, 0.717) is 28.5 Å². The molecule has 0 heterocycles. The second kappa shape index (κ2) is 11.0. The number of amides is 1. The van der Waals surface area contributed by atoms with Crippen LogP contribution in [0.1, 0.15) is 54.2 Å². The topological polar surface area (TPSA) is 55.4 Å². The summed E-state index contributed by atoms with van der Waals surface area (Å²) in [4.78, 5) is 25.4. The lowest BCUT2D eigenvalue weighted by molar-refractivity contribution is -0.161. The minimum absolute atomic E-state index is 0.0151. The quantitative estimate of drug-likeness (QED) is 0.162. The van der Waals surface area contributed by atoms with Gasteiger partial charge in [0.15, 0.2) is 5.78 Å². The Morgan fingerprint density at radius 3 is 2.05 bits per heavy atom. The summed E-state index contributed by atoms with van der Waals surface area (Å²) in [5.41, 5.74) is -2.36. The summed E-state index contributed by atoms with van der Waals surface area (Å²) in [6.07, 6.45) is -12.0. The fourth-order valence-corrected chi connectivity index (χ4v) is 4.69. The lowest BCUT2D eigenvalue weighted by Crippen LogP contribution is -2.39. The van der Waals surface area contributed by atoms with Gasteiger partial charge in [-0.05, 0) is 60.9 Å². The van der Waals surface area contributed by atoms with Gasteiger partial charge in [-0.15, -0.1) is 0 Å². The average molecular weight is 636 g/mol. The van der Waals surface area contributed by atoms with Crippen LogP contribution in [0.15, 0.2) is 59.1 Å². The number of carbonyl (C=O) groups is 2. The van der Waals surface area contributed by atoms with Crippen LogP contribution in [0.25, 0.3) is 10.8 Å². The van der Waals surface area contributed by atoms with Gasteiger partial charge in [0.1, 0.15) is 10.3 Å². The molecular formula is C27H24BrF6NO3S. The van der Waals surface area contributed by atoms with E-state index in [1.54, 1.807) is 39.0 Å². The van der Waals surface area contributed by atoms with Crippen LogP contribution in [-0.4, -0.2) is 23.7 Å². The van der Waals surface area contributed by atoms with Crippen molar-refractivity contribution in [1.29, 1.82) is 0 Å². The van der Waals surface area contributed by atoms with E-state index in [-0.39, 0.29) is 16.6 Å². The van der Waals surface area contributed by atoms with E-state index in [0.717, 1.165) is 6.07 Å². The maximum absolute atomic E-state index is 14.3. The second-order valence-corrected chi connectivity index (χ2v) is 11.5. The molecule has 1 atom stereocenters. The predicted molar refractivity (Wildman–Crippen MR) is 142 cm³/mol. The first-order valence-corrected chi connectivity index (χ1v) is 12.7. The molecule has 4 nitrogen and oxygen atoms in total. The van der Waals surface area contributed by atoms with Crippen molar-refractivity contribution in [3.63, 3.8) is 0 Å². The highest BCUT2D eigenvalue weighted by Gasteiger charge is 2.55. The van der Waals surface area contributed by atoms with Gasteiger partial charge < -0.3 is 10.1 Å². The Kier molecular flexibility index (Phi) is 8.72. The number of alkyl halides is 6. The normalized spacial score (nSPS) is 14.1. The highest BCUT2D eigenvalue weighted by Crippen LogP contribution is 2.49. The largest absolute Gasteiger partial charge is 0.444 e. The lowest BCUT2D eigenvalue weighted by Gasteiger charge is -2.32. The summed E-state index contributed by atoms with van der Waals surface area (Å²) in [6, 6.07) is 11.1. The van der Waals surface area contributed by atoms with Gasteiger partial charge in [0.25, 0.3) is 0 Å². The molecule has 0 saturated heterocycles. The minimum Gasteiger partial charge on any atom is -0.444 e. The zero-order valence-electron chi connectivity index (χ0n) is 20.9. The molecule has 3 rings (SSSR count). The molecule has 0 aliphatic heterocycles. The van der Waals surface area contributed by atoms with Crippen LogP contribution in [0.5, 0.6) is 0 Å². The molecule has 0 bridgehead atoms. The van der Waals surface area contributed by atoms with Gasteiger partial charge in [0.2, 0.25) is 0 Å². The van der Waals surface area contributed by atoms with Crippen LogP contribution in [0.4, 0.5) is 31.1 Å². The summed E-state index contributed by atoms with van der Waals surface area (Å²) in [5, 5.41) is 3.41. The number of nitrogens with one attached hydrogen (secondary N) is 1. The summed E-state index contributed by atoms with van der Waals surface area (Å²) in [6.45, 7) is 5.11. The number of alkyl carbamates (subject to hydrolysis) is 1. The average Bonchev–Trinajstić information content (AvgIpc) is 2.79. The number of Topliss-reactive ketones (excluding diaryl/α,β-unsaturated/α-hetero) is 1. The molecule has 1 N–H and O–H groups in total. The molecule has 0 spiro atoms. The summed E-state index contributed by atoms with van der Waals surface area (Å²) < 4.78 is 84.7. The number of ketones is 1. The number of thiol groups is 1. The fraction of sp³-hybridized carbons (Fsp3) is 0.333. The van der Waals surface area contributed by atoms with Crippen molar-refractivity contribution in [1.82, 2.24) is 5.32 Å². The molecular weight excluding hydrogens is 612 g/mol. The minimum atomic E-state index is -5.18. The Morgan fingerprint density at radius 1 is 0.897 bits per heavy atom. The van der Waals surface area contributed by atoms with Gasteiger partial charge in [0, 0.05) is 23.0 Å². The Labute approximate surface area is 234 Å². The number of carbonyl (C=O) groups excluding carboxylic acids is 2. The first-order valence-electron chi connectivity index (χ1n) is 11.5. The molecule has 0 aromatic heterocycles. The van der Waals surface area contributed by atoms with E-state index in [1.807, 2.05) is 0 Å². The fourth-order valence-electron chi connectivity index (χ4n) is 3.93. The SMILES string of the molecule is CC(C)(C)OC(=O)NCc1ccc(C(=O)CC(S)(c2cc(Br)cc(C(F)(F)F)c2)C(F)(F)F)c2ccccc12. The number of fused-ring (bicyclic) bond motifs is 1. The van der Waals surface area contributed by atoms with E-state index in [2.05, 4.69) is 33.9 Å². The second-order valence-electron chi connectivity index (χ2n) is 9.86. The smallest absolute Gasteiger partial charge is 0.416 e. The summed E-state index contributed by atoms with van der Waals surface area (Å²) in [5.74, 6) is -0.973. The van der Waals surface area contributed by atoms with E-state index in [1.165, 1.54) is 18.2 Å². The Balaban J connectivity index is 2.00. The zero-order valence-corrected chi connectivity index (χ0v) is 23.4. The van der Waals surface area contributed by atoms with Crippen LogP contribution < -0.4 is 5.32 Å². The summed E-state index contributed by atoms with van der Waals surface area (Å²) in [7, 11) is 0. The Morgan fingerprint density at radius 2 is 1.49 bits per heavy atom. The molecule has 0 aliphatic rings. The molecule has 3 aromatic rings. The molecule has 39 heavy (non-hydrogen) atoms. The van der Waals surface area contributed by atoms with Gasteiger partial charge in [0.05, 0.1) is 5.56 Å². The van der Waals surface area contributed by atoms with E-state index in [4.69, 9.17) is 4.74 Å². The van der Waals surface area contributed by atoms with Gasteiger partial charge in [-0.2, -0.15) is 39.0 Å². The van der Waals surface area contributed by atoms with Crippen LogP contribution >= 0.6 is 28.6 Å². The van der Waals surface area contributed by atoms with Crippen molar-refractivity contribution >= 4 is 51.2 Å². The molecule has 0 aliphatic carbocycles. The van der Waals surface area contributed by atoms with Gasteiger partial charge >= 0.3 is 18.4 Å². The van der Waals surface area contributed by atoms with E-state index < -0.39 is 52.1 Å². The number of halogens is 7. The predicted octanol–water partition coefficient (Wildman–Crippen LogP) is 8.61. The highest BCUT2D eigenvalue weighted by atomic mass is 79.9. The molecule has 3 aromatic carbocycles. The van der Waals surface area contributed by atoms with Crippen molar-refractivity contribution in [2.24, 2.45) is 0 Å². The highest BCUT2D eigenvalue weighted by molar-refractivity contribution is 9.10. The Hall–Kier alpha value is -2.73. The molecule has 210 valence electrons. The maximum atomic E-state index is 14.3. The van der Waals surface area contributed by atoms with Gasteiger partial charge in [-0.3, -0.25) is 4.79 Å². The van der Waals surface area contributed by atoms with Crippen molar-refractivity contribution in [3.8, 4) is 0 Å². The van der Waals surface area contributed by atoms with Crippen molar-refractivity contribution in [2.45, 2.75) is 56.4 Å². The van der Waals surface area contributed by atoms with Gasteiger partial charge in [-0.25, -0.2) is 4.79 Å². The molecule has 0 fully saturated rings. The Bertz CT molecular complexity index is 1400. The number of ether oxygens (including phenoxy) is 1. The van der Waals surface area contributed by atoms with Gasteiger partial charge in [-0.1, -0.05) is 52.3 Å². The zero-order chi connectivity index (χ0) is 29.4. The van der Waals surface area contributed by atoms with Crippen molar-refractivity contribution in [2.75, 3.05) is 0 Å². The monoisotopic (exact) mass is 635 g/mol. The first kappa shape index (κ1) is 30.8. The number of hydrogen-bond donors (Lipinski definition) is 2. The van der Waals surface area contributed by atoms with Crippen LogP contribution in [0, 0.1) is 0 Å². The standard InChI is InChI=1S/C27H24BrF6NO3S/c1-24(2,3)38-23(37)35-14-15-8-9-21(20-7-5-4-6-19(15)20)22(36)13-25(39,27(32,33)34)16-10-17(26(29,30)31)12-18(28)11-16/h4-12,39H,13-14H2,1-3H3,(H,35,37). The first-order chi connectivity index (χ1) is 17.8. The third kappa shape index (κ3) is 7.27. The number of rotatable bonds is 6. The lowest BCUT2D eigenvalue weighted by atomic mass is 9.87. The number of hydrogen-bond acceptors (Lipinski definition) is 4. The van der Waals surface area contributed by atoms with Crippen molar-refractivity contribution in [3.05, 3.63) is 81.3 Å². The van der Waals surface area contributed by atoms with Crippen LogP contribution in [0.2, 0.25) is 0 Å². The van der Waals surface area contributed by atoms with E-state index >= 15 is 0 Å². The summed E-state index contributed by atoms with van der Waals surface area (Å²) >= 11 is 6.61. The van der Waals surface area contributed by atoms with Crippen LogP contribution in [-0.2, 0) is 22.2 Å². The molecule has 0 saturated carbocycles. The molecule has 0 radical (unpaired) electrons. The van der Waals surface area contributed by atoms with E-state index in [9.17, 15) is 35.9 Å². The maximum Gasteiger partial charge on any atom is 0.416 e. The van der Waals surface area contributed by atoms with Crippen LogP contribution in [0.3, 0.4) is 0 Å². The molecule has 1 amide bonds. The molecule has 1 unspecified atom stereocenters.